The highest BCUT2D eigenvalue weighted by Gasteiger charge is 2.02. The Bertz CT molecular complexity index is 167. The highest BCUT2D eigenvalue weighted by atomic mass is 16.3. The maximum Gasteiger partial charge on any atom is 0.185 e. The van der Waals surface area contributed by atoms with Crippen molar-refractivity contribution in [3.05, 3.63) is 0 Å². The molecule has 0 spiro atoms. The number of nitrogens with two attached hydrogens (primary N) is 2. The molecule has 4 heteroatoms. The molecule has 0 bridgehead atoms. The van der Waals surface area contributed by atoms with E-state index in [1.165, 1.54) is 32.1 Å². The molecule has 0 aliphatic rings. The smallest absolute Gasteiger partial charge is 0.185 e. The zero-order valence-corrected chi connectivity index (χ0v) is 9.78. The zero-order valence-electron chi connectivity index (χ0n) is 9.78. The monoisotopic (exact) mass is 215 g/mol. The number of unbranched alkanes of at least 4 members (excludes halogenated alkanes) is 5. The van der Waals surface area contributed by atoms with Gasteiger partial charge in [0.15, 0.2) is 5.96 Å². The van der Waals surface area contributed by atoms with Crippen molar-refractivity contribution in [3.8, 4) is 0 Å². The Morgan fingerprint density at radius 1 is 1.13 bits per heavy atom. The molecule has 0 fully saturated rings. The molecule has 0 radical (unpaired) electrons. The predicted molar refractivity (Wildman–Crippen MR) is 64.7 cm³/mol. The Balaban J connectivity index is 3.24. The van der Waals surface area contributed by atoms with Gasteiger partial charge in [0, 0.05) is 0 Å². The second-order valence-electron chi connectivity index (χ2n) is 3.98. The summed E-state index contributed by atoms with van der Waals surface area (Å²) < 4.78 is 0. The highest BCUT2D eigenvalue weighted by molar-refractivity contribution is 5.75. The number of aliphatic hydroxyl groups is 1. The minimum atomic E-state index is -0.390. The third-order valence-corrected chi connectivity index (χ3v) is 2.38. The van der Waals surface area contributed by atoms with Crippen LogP contribution in [0.1, 0.15) is 51.9 Å². The average molecular weight is 215 g/mol. The van der Waals surface area contributed by atoms with Crippen LogP contribution in [-0.4, -0.2) is 23.7 Å². The van der Waals surface area contributed by atoms with Gasteiger partial charge in [0.2, 0.25) is 0 Å². The zero-order chi connectivity index (χ0) is 11.5. The number of nitrogens with zero attached hydrogens (tertiary/aromatic N) is 1. The molecular formula is C11H25N3O. The Morgan fingerprint density at radius 2 is 1.73 bits per heavy atom. The van der Waals surface area contributed by atoms with Gasteiger partial charge in [0.25, 0.3) is 0 Å². The Kier molecular flexibility index (Phi) is 9.27. The molecule has 0 saturated carbocycles. The van der Waals surface area contributed by atoms with E-state index >= 15 is 0 Å². The quantitative estimate of drug-likeness (QED) is 0.308. The SMILES string of the molecule is CCCCCCCCC(O)CN=C(N)N. The molecule has 4 nitrogen and oxygen atoms in total. The van der Waals surface area contributed by atoms with Gasteiger partial charge in [-0.05, 0) is 6.42 Å². The molecule has 5 N–H and O–H groups in total. The minimum Gasteiger partial charge on any atom is -0.391 e. The van der Waals surface area contributed by atoms with Crippen LogP contribution < -0.4 is 11.5 Å². The first-order valence-corrected chi connectivity index (χ1v) is 5.90. The summed E-state index contributed by atoms with van der Waals surface area (Å²) in [5.41, 5.74) is 10.3. The molecule has 0 heterocycles. The first kappa shape index (κ1) is 14.2. The van der Waals surface area contributed by atoms with Crippen LogP contribution in [0.25, 0.3) is 0 Å². The third kappa shape index (κ3) is 11.2. The highest BCUT2D eigenvalue weighted by Crippen LogP contribution is 2.08. The largest absolute Gasteiger partial charge is 0.391 e. The van der Waals surface area contributed by atoms with Gasteiger partial charge in [0.1, 0.15) is 0 Å². The van der Waals surface area contributed by atoms with E-state index in [2.05, 4.69) is 11.9 Å². The summed E-state index contributed by atoms with van der Waals surface area (Å²) in [6, 6.07) is 0. The third-order valence-electron chi connectivity index (χ3n) is 2.38. The molecule has 0 aliphatic heterocycles. The summed E-state index contributed by atoms with van der Waals surface area (Å²) in [6.07, 6.45) is 7.82. The van der Waals surface area contributed by atoms with Crippen molar-refractivity contribution in [2.24, 2.45) is 16.5 Å². The Morgan fingerprint density at radius 3 is 2.33 bits per heavy atom. The lowest BCUT2D eigenvalue weighted by atomic mass is 10.1. The van der Waals surface area contributed by atoms with Crippen LogP contribution in [0.3, 0.4) is 0 Å². The van der Waals surface area contributed by atoms with Gasteiger partial charge in [-0.2, -0.15) is 0 Å². The summed E-state index contributed by atoms with van der Waals surface area (Å²) in [7, 11) is 0. The second-order valence-corrected chi connectivity index (χ2v) is 3.98. The fourth-order valence-electron chi connectivity index (χ4n) is 1.46. The standard InChI is InChI=1S/C11H25N3O/c1-2-3-4-5-6-7-8-10(15)9-14-11(12)13/h10,15H,2-9H2,1H3,(H4,12,13,14). The lowest BCUT2D eigenvalue weighted by Gasteiger charge is -2.07. The Hall–Kier alpha value is -0.770. The van der Waals surface area contributed by atoms with Crippen molar-refractivity contribution in [1.82, 2.24) is 0 Å². The van der Waals surface area contributed by atoms with E-state index in [9.17, 15) is 5.11 Å². The summed E-state index contributed by atoms with van der Waals surface area (Å²) in [5.74, 6) is 0.0528. The van der Waals surface area contributed by atoms with Crippen molar-refractivity contribution in [2.75, 3.05) is 6.54 Å². The topological polar surface area (TPSA) is 84.6 Å². The van der Waals surface area contributed by atoms with E-state index < -0.39 is 6.10 Å². The maximum atomic E-state index is 9.48. The molecule has 0 saturated heterocycles. The number of guanidine groups is 1. The summed E-state index contributed by atoms with van der Waals surface area (Å²) in [4.78, 5) is 3.78. The first-order chi connectivity index (χ1) is 7.16. The lowest BCUT2D eigenvalue weighted by molar-refractivity contribution is 0.169. The summed E-state index contributed by atoms with van der Waals surface area (Å²) in [5, 5.41) is 9.48. The van der Waals surface area contributed by atoms with Gasteiger partial charge in [-0.3, -0.25) is 4.99 Å². The molecule has 1 atom stereocenters. The molecule has 90 valence electrons. The summed E-state index contributed by atoms with van der Waals surface area (Å²) >= 11 is 0. The van der Waals surface area contributed by atoms with E-state index in [4.69, 9.17) is 11.5 Å². The normalized spacial score (nSPS) is 12.4. The van der Waals surface area contributed by atoms with Gasteiger partial charge in [-0.25, -0.2) is 0 Å². The van der Waals surface area contributed by atoms with Gasteiger partial charge < -0.3 is 16.6 Å². The Labute approximate surface area is 92.8 Å². The molecule has 0 rings (SSSR count). The van der Waals surface area contributed by atoms with Crippen molar-refractivity contribution in [2.45, 2.75) is 58.0 Å². The van der Waals surface area contributed by atoms with E-state index in [1.54, 1.807) is 0 Å². The van der Waals surface area contributed by atoms with E-state index in [-0.39, 0.29) is 5.96 Å². The second kappa shape index (κ2) is 9.77. The number of aliphatic hydroxyl groups excluding tert-OH is 1. The fourth-order valence-corrected chi connectivity index (χ4v) is 1.46. The molecule has 0 aromatic rings. The minimum absolute atomic E-state index is 0.0528. The molecule has 15 heavy (non-hydrogen) atoms. The van der Waals surface area contributed by atoms with Gasteiger partial charge in [-0.15, -0.1) is 0 Å². The first-order valence-electron chi connectivity index (χ1n) is 5.90. The number of hydrogen-bond acceptors (Lipinski definition) is 2. The number of hydrogen-bond donors (Lipinski definition) is 3. The molecule has 0 aromatic heterocycles. The molecule has 0 aromatic carbocycles. The van der Waals surface area contributed by atoms with Gasteiger partial charge in [-0.1, -0.05) is 45.4 Å². The predicted octanol–water partition coefficient (Wildman–Crippen LogP) is 1.37. The average Bonchev–Trinajstić information content (AvgIpc) is 2.20. The number of aliphatic imine (C=N–C) groups is 1. The molecule has 1 unspecified atom stereocenters. The van der Waals surface area contributed by atoms with Crippen molar-refractivity contribution < 1.29 is 5.11 Å². The van der Waals surface area contributed by atoms with E-state index in [1.807, 2.05) is 0 Å². The van der Waals surface area contributed by atoms with E-state index in [0.29, 0.717) is 6.54 Å². The molecular weight excluding hydrogens is 190 g/mol. The van der Waals surface area contributed by atoms with Crippen LogP contribution in [0.4, 0.5) is 0 Å². The van der Waals surface area contributed by atoms with Crippen LogP contribution in [0.5, 0.6) is 0 Å². The van der Waals surface area contributed by atoms with Crippen molar-refractivity contribution >= 4 is 5.96 Å². The van der Waals surface area contributed by atoms with E-state index in [0.717, 1.165) is 12.8 Å². The molecule has 0 aliphatic carbocycles. The van der Waals surface area contributed by atoms with Crippen molar-refractivity contribution in [1.29, 1.82) is 0 Å². The fraction of sp³-hybridized carbons (Fsp3) is 0.909. The molecule has 0 amide bonds. The van der Waals surface area contributed by atoms with Crippen LogP contribution in [0.2, 0.25) is 0 Å². The van der Waals surface area contributed by atoms with Crippen molar-refractivity contribution in [3.63, 3.8) is 0 Å². The van der Waals surface area contributed by atoms with Gasteiger partial charge in [0.05, 0.1) is 12.6 Å². The maximum absolute atomic E-state index is 9.48. The van der Waals surface area contributed by atoms with Crippen LogP contribution >= 0.6 is 0 Å². The number of rotatable bonds is 9. The van der Waals surface area contributed by atoms with Crippen LogP contribution in [0.15, 0.2) is 4.99 Å². The van der Waals surface area contributed by atoms with Crippen LogP contribution in [0, 0.1) is 0 Å². The lowest BCUT2D eigenvalue weighted by Crippen LogP contribution is -2.25. The van der Waals surface area contributed by atoms with Crippen LogP contribution in [-0.2, 0) is 0 Å². The van der Waals surface area contributed by atoms with Gasteiger partial charge >= 0.3 is 0 Å². The summed E-state index contributed by atoms with van der Waals surface area (Å²) in [6.45, 7) is 2.54.